The normalized spacial score (nSPS) is 11.8. The van der Waals surface area contributed by atoms with Crippen LogP contribution in [0.5, 0.6) is 0 Å². The third kappa shape index (κ3) is 7.20. The van der Waals surface area contributed by atoms with Gasteiger partial charge >= 0.3 is 6.36 Å². The Morgan fingerprint density at radius 2 is 2.06 bits per heavy atom. The third-order valence-corrected chi connectivity index (χ3v) is 2.22. The van der Waals surface area contributed by atoms with E-state index >= 15 is 0 Å². The van der Waals surface area contributed by atoms with Crippen LogP contribution in [0.2, 0.25) is 5.02 Å². The molecule has 0 atom stereocenters. The van der Waals surface area contributed by atoms with Crippen LogP contribution in [0.4, 0.5) is 13.2 Å². The summed E-state index contributed by atoms with van der Waals surface area (Å²) in [7, 11) is 0. The minimum Gasteiger partial charge on any atom is -0.313 e. The van der Waals surface area contributed by atoms with Gasteiger partial charge < -0.3 is 5.32 Å². The number of alkyl halides is 3. The lowest BCUT2D eigenvalue weighted by Gasteiger charge is -2.08. The number of hydrogen-bond donors (Lipinski definition) is 1. The van der Waals surface area contributed by atoms with E-state index in [1.165, 1.54) is 0 Å². The van der Waals surface area contributed by atoms with E-state index in [2.05, 4.69) is 10.1 Å². The molecule has 0 radical (unpaired) electrons. The molecule has 0 unspecified atom stereocenters. The quantitative estimate of drug-likeness (QED) is 0.798. The topological polar surface area (TPSA) is 21.3 Å². The standard InChI is InChI=1S/C11H13ClF3NO/c12-10-4-1-3-9(7-10)8-16-5-2-6-17-11(13,14)15/h1,3-4,7,16H,2,5-6,8H2. The zero-order valence-electron chi connectivity index (χ0n) is 9.06. The summed E-state index contributed by atoms with van der Waals surface area (Å²) < 4.78 is 38.5. The molecule has 0 fully saturated rings. The summed E-state index contributed by atoms with van der Waals surface area (Å²) in [6.45, 7) is 0.710. The Morgan fingerprint density at radius 1 is 1.29 bits per heavy atom. The molecule has 1 rings (SSSR count). The van der Waals surface area contributed by atoms with E-state index in [0.717, 1.165) is 5.56 Å². The maximum Gasteiger partial charge on any atom is 0.522 e. The minimum atomic E-state index is -4.53. The van der Waals surface area contributed by atoms with Crippen LogP contribution >= 0.6 is 11.6 Å². The third-order valence-electron chi connectivity index (χ3n) is 1.98. The summed E-state index contributed by atoms with van der Waals surface area (Å²) in [5.41, 5.74) is 0.995. The lowest BCUT2D eigenvalue weighted by Crippen LogP contribution is -2.19. The second-order valence-corrected chi connectivity index (χ2v) is 3.89. The van der Waals surface area contributed by atoms with Gasteiger partial charge in [0.25, 0.3) is 0 Å². The molecule has 6 heteroatoms. The molecule has 0 aromatic heterocycles. The Kier molecular flexibility index (Phi) is 5.74. The van der Waals surface area contributed by atoms with Gasteiger partial charge in [-0.3, -0.25) is 4.74 Å². The molecule has 2 nitrogen and oxygen atoms in total. The van der Waals surface area contributed by atoms with Gasteiger partial charge in [0, 0.05) is 11.6 Å². The largest absolute Gasteiger partial charge is 0.522 e. The van der Waals surface area contributed by atoms with E-state index in [9.17, 15) is 13.2 Å². The predicted molar refractivity (Wildman–Crippen MR) is 59.8 cm³/mol. The monoisotopic (exact) mass is 267 g/mol. The molecule has 17 heavy (non-hydrogen) atoms. The number of benzene rings is 1. The second-order valence-electron chi connectivity index (χ2n) is 3.45. The Balaban J connectivity index is 2.09. The van der Waals surface area contributed by atoms with Crippen molar-refractivity contribution >= 4 is 11.6 Å². The van der Waals surface area contributed by atoms with Gasteiger partial charge in [-0.2, -0.15) is 0 Å². The second kappa shape index (κ2) is 6.83. The van der Waals surface area contributed by atoms with E-state index in [1.807, 2.05) is 12.1 Å². The van der Waals surface area contributed by atoms with Crippen molar-refractivity contribution in [3.05, 3.63) is 34.9 Å². The van der Waals surface area contributed by atoms with E-state index in [4.69, 9.17) is 11.6 Å². The summed E-state index contributed by atoms with van der Waals surface area (Å²) in [6.07, 6.45) is -4.23. The number of rotatable bonds is 6. The molecule has 0 saturated heterocycles. The van der Waals surface area contributed by atoms with Crippen LogP contribution in [0.1, 0.15) is 12.0 Å². The molecule has 0 heterocycles. The molecule has 0 spiro atoms. The molecule has 1 aromatic rings. The van der Waals surface area contributed by atoms with Gasteiger partial charge in [0.05, 0.1) is 6.61 Å². The number of hydrogen-bond acceptors (Lipinski definition) is 2. The Morgan fingerprint density at radius 3 is 2.71 bits per heavy atom. The van der Waals surface area contributed by atoms with Gasteiger partial charge in [0.1, 0.15) is 0 Å². The Hall–Kier alpha value is -0.780. The van der Waals surface area contributed by atoms with Crippen LogP contribution in [0.15, 0.2) is 24.3 Å². The average Bonchev–Trinajstić information content (AvgIpc) is 2.22. The molecular weight excluding hydrogens is 255 g/mol. The molecule has 0 aliphatic heterocycles. The first kappa shape index (κ1) is 14.3. The van der Waals surface area contributed by atoms with Crippen LogP contribution in [0, 0.1) is 0 Å². The minimum absolute atomic E-state index is 0.306. The molecule has 0 aliphatic carbocycles. The fourth-order valence-corrected chi connectivity index (χ4v) is 1.48. The van der Waals surface area contributed by atoms with Gasteiger partial charge in [0.15, 0.2) is 0 Å². The molecule has 96 valence electrons. The van der Waals surface area contributed by atoms with E-state index in [1.54, 1.807) is 12.1 Å². The van der Waals surface area contributed by atoms with Crippen molar-refractivity contribution in [2.75, 3.05) is 13.2 Å². The predicted octanol–water partition coefficient (Wildman–Crippen LogP) is 3.36. The zero-order chi connectivity index (χ0) is 12.7. The molecular formula is C11H13ClF3NO. The summed E-state index contributed by atoms with van der Waals surface area (Å²) >= 11 is 5.78. The van der Waals surface area contributed by atoms with Crippen LogP contribution < -0.4 is 5.32 Å². The van der Waals surface area contributed by atoms with E-state index in [-0.39, 0.29) is 6.61 Å². The van der Waals surface area contributed by atoms with E-state index in [0.29, 0.717) is 24.5 Å². The molecule has 1 N–H and O–H groups in total. The fraction of sp³-hybridized carbons (Fsp3) is 0.455. The Labute approximate surface area is 103 Å². The summed E-state index contributed by atoms with van der Waals surface area (Å²) in [5.74, 6) is 0. The lowest BCUT2D eigenvalue weighted by atomic mass is 10.2. The van der Waals surface area contributed by atoms with Crippen molar-refractivity contribution in [2.45, 2.75) is 19.3 Å². The lowest BCUT2D eigenvalue weighted by molar-refractivity contribution is -0.324. The maximum atomic E-state index is 11.6. The van der Waals surface area contributed by atoms with Crippen molar-refractivity contribution < 1.29 is 17.9 Å². The highest BCUT2D eigenvalue weighted by molar-refractivity contribution is 6.30. The number of halogens is 4. The van der Waals surface area contributed by atoms with Crippen molar-refractivity contribution in [1.82, 2.24) is 5.32 Å². The fourth-order valence-electron chi connectivity index (χ4n) is 1.26. The highest BCUT2D eigenvalue weighted by atomic mass is 35.5. The smallest absolute Gasteiger partial charge is 0.313 e. The van der Waals surface area contributed by atoms with Gasteiger partial charge in [0.2, 0.25) is 0 Å². The van der Waals surface area contributed by atoms with E-state index < -0.39 is 6.36 Å². The molecule has 0 aliphatic rings. The van der Waals surface area contributed by atoms with Crippen LogP contribution in [0.3, 0.4) is 0 Å². The highest BCUT2D eigenvalue weighted by Crippen LogP contribution is 2.15. The van der Waals surface area contributed by atoms with Gasteiger partial charge in [-0.1, -0.05) is 23.7 Å². The summed E-state index contributed by atoms with van der Waals surface area (Å²) in [6, 6.07) is 7.29. The summed E-state index contributed by atoms with van der Waals surface area (Å²) in [4.78, 5) is 0. The zero-order valence-corrected chi connectivity index (χ0v) is 9.81. The first-order valence-corrected chi connectivity index (χ1v) is 5.51. The van der Waals surface area contributed by atoms with Crippen LogP contribution in [-0.2, 0) is 11.3 Å². The van der Waals surface area contributed by atoms with Crippen molar-refractivity contribution in [1.29, 1.82) is 0 Å². The first-order valence-electron chi connectivity index (χ1n) is 5.13. The first-order chi connectivity index (χ1) is 7.97. The van der Waals surface area contributed by atoms with Crippen molar-refractivity contribution in [3.8, 4) is 0 Å². The average molecular weight is 268 g/mol. The van der Waals surface area contributed by atoms with Crippen LogP contribution in [0.25, 0.3) is 0 Å². The SMILES string of the molecule is FC(F)(F)OCCCNCc1cccc(Cl)c1. The molecule has 0 amide bonds. The maximum absolute atomic E-state index is 11.6. The van der Waals surface area contributed by atoms with Gasteiger partial charge in [-0.15, -0.1) is 13.2 Å². The number of nitrogens with one attached hydrogen (secondary N) is 1. The van der Waals surface area contributed by atoms with Crippen molar-refractivity contribution in [2.24, 2.45) is 0 Å². The number of ether oxygens (including phenoxy) is 1. The Bertz CT molecular complexity index is 344. The highest BCUT2D eigenvalue weighted by Gasteiger charge is 2.28. The van der Waals surface area contributed by atoms with Crippen LogP contribution in [-0.4, -0.2) is 19.5 Å². The van der Waals surface area contributed by atoms with Gasteiger partial charge in [-0.25, -0.2) is 0 Å². The molecule has 0 bridgehead atoms. The molecule has 0 saturated carbocycles. The van der Waals surface area contributed by atoms with Gasteiger partial charge in [-0.05, 0) is 30.7 Å². The summed E-state index contributed by atoms with van der Waals surface area (Å²) in [5, 5.41) is 3.65. The molecule has 1 aromatic carbocycles. The van der Waals surface area contributed by atoms with Crippen molar-refractivity contribution in [3.63, 3.8) is 0 Å².